The minimum Gasteiger partial charge on any atom is -0.482 e. The number of likely N-dealkylation sites (tertiary alicyclic amines) is 1. The first-order valence-electron chi connectivity index (χ1n) is 13.2. The predicted molar refractivity (Wildman–Crippen MR) is 149 cm³/mol. The first-order valence-corrected chi connectivity index (χ1v) is 13.2. The van der Waals surface area contributed by atoms with E-state index < -0.39 is 35.5 Å². The molecule has 3 N–H and O–H groups in total. The fraction of sp³-hybridized carbons (Fsp3) is 0.333. The fourth-order valence-corrected chi connectivity index (χ4v) is 5.02. The van der Waals surface area contributed by atoms with Crippen molar-refractivity contribution in [2.24, 2.45) is 0 Å². The molecule has 0 bridgehead atoms. The normalized spacial score (nSPS) is 16.2. The van der Waals surface area contributed by atoms with Gasteiger partial charge in [-0.05, 0) is 60.2 Å². The Morgan fingerprint density at radius 2 is 1.90 bits per heavy atom. The largest absolute Gasteiger partial charge is 0.482 e. The lowest BCUT2D eigenvalue weighted by molar-refractivity contribution is -0.386. The number of carboxylic acid groups (broad SMARTS) is 1. The molecule has 1 heterocycles. The van der Waals surface area contributed by atoms with Crippen LogP contribution in [-0.2, 0) is 22.7 Å². The molecule has 4 rings (SSSR count). The molecule has 1 fully saturated rings. The average molecular weight is 548 g/mol. The lowest BCUT2D eigenvalue weighted by Gasteiger charge is -2.35. The van der Waals surface area contributed by atoms with Gasteiger partial charge in [0, 0.05) is 12.6 Å². The summed E-state index contributed by atoms with van der Waals surface area (Å²) >= 11 is 0. The third kappa shape index (κ3) is 6.83. The molecule has 0 spiro atoms. The average Bonchev–Trinajstić information content (AvgIpc) is 2.96. The van der Waals surface area contributed by atoms with Crippen molar-refractivity contribution in [2.75, 3.05) is 13.2 Å². The van der Waals surface area contributed by atoms with Crippen molar-refractivity contribution in [3.8, 4) is 16.9 Å². The van der Waals surface area contributed by atoms with E-state index in [1.54, 1.807) is 12.1 Å². The topological polar surface area (TPSA) is 142 Å². The molecule has 0 unspecified atom stereocenters. The molecule has 1 amide bonds. The van der Waals surface area contributed by atoms with Crippen molar-refractivity contribution >= 4 is 17.6 Å². The molecule has 210 valence electrons. The highest BCUT2D eigenvalue weighted by Crippen LogP contribution is 2.32. The number of rotatable bonds is 11. The minimum absolute atomic E-state index is 0.151. The number of nitrogens with zero attached hydrogens (tertiary/aromatic N) is 2. The number of aliphatic hydroxyl groups is 1. The van der Waals surface area contributed by atoms with Gasteiger partial charge in [-0.1, -0.05) is 61.0 Å². The molecular formula is C30H33N3O7. The summed E-state index contributed by atoms with van der Waals surface area (Å²) in [5, 5.41) is 32.8. The number of aliphatic carboxylic acids is 1. The van der Waals surface area contributed by atoms with Crippen molar-refractivity contribution in [3.63, 3.8) is 0 Å². The van der Waals surface area contributed by atoms with Gasteiger partial charge >= 0.3 is 11.7 Å². The SMILES string of the molecule is Cc1c(COc2ccc(CN3CCCC[C@H]3C(=O)N[C@@H](CO)C(=O)O)cc2[N+](=O)[O-])cccc1-c1ccccc1. The third-order valence-corrected chi connectivity index (χ3v) is 7.23. The number of nitrogens with one attached hydrogen (secondary N) is 1. The number of carboxylic acids is 1. The Morgan fingerprint density at radius 3 is 2.60 bits per heavy atom. The Kier molecular flexibility index (Phi) is 9.47. The molecular weight excluding hydrogens is 514 g/mol. The van der Waals surface area contributed by atoms with E-state index in [1.165, 1.54) is 6.07 Å². The van der Waals surface area contributed by atoms with E-state index in [0.29, 0.717) is 18.5 Å². The molecule has 1 saturated heterocycles. The molecule has 1 aliphatic rings. The summed E-state index contributed by atoms with van der Waals surface area (Å²) in [6, 6.07) is 18.7. The van der Waals surface area contributed by atoms with Gasteiger partial charge in [-0.15, -0.1) is 0 Å². The highest BCUT2D eigenvalue weighted by Gasteiger charge is 2.31. The summed E-state index contributed by atoms with van der Waals surface area (Å²) in [5.74, 6) is -1.64. The van der Waals surface area contributed by atoms with Crippen LogP contribution in [-0.4, -0.2) is 57.1 Å². The number of hydrogen-bond donors (Lipinski definition) is 3. The van der Waals surface area contributed by atoms with Crippen LogP contribution in [0.1, 0.15) is 36.0 Å². The molecule has 0 aliphatic carbocycles. The van der Waals surface area contributed by atoms with Gasteiger partial charge in [0.15, 0.2) is 5.75 Å². The number of nitro benzene ring substituents is 1. The van der Waals surface area contributed by atoms with Crippen molar-refractivity contribution in [2.45, 2.75) is 51.4 Å². The van der Waals surface area contributed by atoms with Gasteiger partial charge in [0.1, 0.15) is 12.6 Å². The zero-order chi connectivity index (χ0) is 28.6. The molecule has 0 saturated carbocycles. The van der Waals surface area contributed by atoms with E-state index in [1.807, 2.05) is 60.4 Å². The van der Waals surface area contributed by atoms with Crippen molar-refractivity contribution < 1.29 is 29.5 Å². The van der Waals surface area contributed by atoms with E-state index in [2.05, 4.69) is 5.32 Å². The van der Waals surface area contributed by atoms with Crippen LogP contribution < -0.4 is 10.1 Å². The number of ether oxygens (including phenoxy) is 1. The van der Waals surface area contributed by atoms with Crippen molar-refractivity contribution in [1.29, 1.82) is 0 Å². The van der Waals surface area contributed by atoms with Gasteiger partial charge in [-0.2, -0.15) is 0 Å². The van der Waals surface area contributed by atoms with E-state index in [-0.39, 0.29) is 24.6 Å². The number of benzene rings is 3. The highest BCUT2D eigenvalue weighted by molar-refractivity contribution is 5.87. The molecule has 10 nitrogen and oxygen atoms in total. The first kappa shape index (κ1) is 28.7. The molecule has 2 atom stereocenters. The Balaban J connectivity index is 1.49. The number of aliphatic hydroxyl groups excluding tert-OH is 1. The molecule has 40 heavy (non-hydrogen) atoms. The summed E-state index contributed by atoms with van der Waals surface area (Å²) in [7, 11) is 0. The van der Waals surface area contributed by atoms with Crippen LogP contribution in [0.5, 0.6) is 5.75 Å². The number of amides is 1. The second-order valence-corrected chi connectivity index (χ2v) is 9.87. The monoisotopic (exact) mass is 547 g/mol. The number of carbonyl (C=O) groups is 2. The van der Waals surface area contributed by atoms with Gasteiger partial charge in [0.05, 0.1) is 17.6 Å². The van der Waals surface area contributed by atoms with Crippen LogP contribution in [0, 0.1) is 17.0 Å². The zero-order valence-electron chi connectivity index (χ0n) is 22.3. The maximum atomic E-state index is 12.8. The fourth-order valence-electron chi connectivity index (χ4n) is 5.02. The van der Waals surface area contributed by atoms with E-state index >= 15 is 0 Å². The first-order chi connectivity index (χ1) is 19.3. The van der Waals surface area contributed by atoms with Crippen LogP contribution in [0.3, 0.4) is 0 Å². The molecule has 3 aromatic carbocycles. The van der Waals surface area contributed by atoms with Gasteiger partial charge in [0.25, 0.3) is 0 Å². The van der Waals surface area contributed by atoms with Gasteiger partial charge < -0.3 is 20.3 Å². The molecule has 10 heteroatoms. The summed E-state index contributed by atoms with van der Waals surface area (Å²) in [6.45, 7) is 2.31. The molecule has 1 aliphatic heterocycles. The van der Waals surface area contributed by atoms with Gasteiger partial charge in [-0.3, -0.25) is 19.8 Å². The Morgan fingerprint density at radius 1 is 1.12 bits per heavy atom. The zero-order valence-corrected chi connectivity index (χ0v) is 22.3. The Bertz CT molecular complexity index is 1360. The van der Waals surface area contributed by atoms with Crippen LogP contribution in [0.25, 0.3) is 11.1 Å². The number of piperidine rings is 1. The van der Waals surface area contributed by atoms with Crippen LogP contribution in [0.2, 0.25) is 0 Å². The van der Waals surface area contributed by atoms with E-state index in [4.69, 9.17) is 9.84 Å². The Labute approximate surface area is 232 Å². The van der Waals surface area contributed by atoms with Gasteiger partial charge in [-0.25, -0.2) is 4.79 Å². The maximum Gasteiger partial charge on any atom is 0.328 e. The molecule has 0 radical (unpaired) electrons. The number of carbonyl (C=O) groups excluding carboxylic acids is 1. The minimum atomic E-state index is -1.38. The van der Waals surface area contributed by atoms with Crippen LogP contribution in [0.15, 0.2) is 66.7 Å². The van der Waals surface area contributed by atoms with E-state index in [9.17, 15) is 24.8 Å². The maximum absolute atomic E-state index is 12.8. The smallest absolute Gasteiger partial charge is 0.328 e. The second-order valence-electron chi connectivity index (χ2n) is 9.87. The van der Waals surface area contributed by atoms with Crippen molar-refractivity contribution in [1.82, 2.24) is 10.2 Å². The van der Waals surface area contributed by atoms with Crippen LogP contribution >= 0.6 is 0 Å². The Hall–Kier alpha value is -4.28. The number of nitro groups is 1. The van der Waals surface area contributed by atoms with Crippen molar-refractivity contribution in [3.05, 3.63) is 93.5 Å². The lowest BCUT2D eigenvalue weighted by atomic mass is 9.97. The predicted octanol–water partition coefficient (Wildman–Crippen LogP) is 4.07. The summed E-state index contributed by atoms with van der Waals surface area (Å²) in [6.07, 6.45) is 2.16. The highest BCUT2D eigenvalue weighted by atomic mass is 16.6. The molecule has 3 aromatic rings. The quantitative estimate of drug-likeness (QED) is 0.241. The van der Waals surface area contributed by atoms with E-state index in [0.717, 1.165) is 35.1 Å². The third-order valence-electron chi connectivity index (χ3n) is 7.23. The van der Waals surface area contributed by atoms with Gasteiger partial charge in [0.2, 0.25) is 5.91 Å². The summed E-state index contributed by atoms with van der Waals surface area (Å²) < 4.78 is 5.94. The number of hydrogen-bond acceptors (Lipinski definition) is 7. The van der Waals surface area contributed by atoms with Crippen LogP contribution in [0.4, 0.5) is 5.69 Å². The second kappa shape index (κ2) is 13.2. The summed E-state index contributed by atoms with van der Waals surface area (Å²) in [5.41, 5.74) is 4.58. The molecule has 0 aromatic heterocycles. The standard InChI is InChI=1S/C30H33N3O7/c1-20-23(10-7-11-24(20)22-8-3-2-4-9-22)19-40-28-14-13-21(16-27(28)33(38)39)17-32-15-6-5-12-26(32)29(35)31-25(18-34)30(36)37/h2-4,7-11,13-14,16,25-26,34H,5-6,12,15,17-19H2,1H3,(H,31,35)(H,36,37)/t25-,26-/m0/s1. The lowest BCUT2D eigenvalue weighted by Crippen LogP contribution is -2.53. The summed E-state index contributed by atoms with van der Waals surface area (Å²) in [4.78, 5) is 37.4.